The van der Waals surface area contributed by atoms with E-state index in [2.05, 4.69) is 0 Å². The molecule has 0 aliphatic rings. The molecule has 0 heterocycles. The van der Waals surface area contributed by atoms with Gasteiger partial charge in [-0.25, -0.2) is 4.57 Å². The maximum absolute atomic E-state index is 8.88. The van der Waals surface area contributed by atoms with Gasteiger partial charge in [0.1, 0.15) is 0 Å². The number of hydrogen-bond donors (Lipinski definition) is 7. The Hall–Kier alpha value is 1.36. The van der Waals surface area contributed by atoms with Crippen molar-refractivity contribution in [1.29, 1.82) is 0 Å². The molecule has 0 rings (SSSR count). The Morgan fingerprint density at radius 2 is 1.00 bits per heavy atom. The first kappa shape index (κ1) is 23.3. The largest absolute Gasteiger partial charge is 2.00 e. The number of rotatable bonds is 0. The molecule has 76 valence electrons. The molecular formula is H10CaFO8PSi. The minimum Gasteiger partial charge on any atom is -1.00 e. The van der Waals surface area contributed by atoms with E-state index in [1.807, 2.05) is 0 Å². The van der Waals surface area contributed by atoms with Crippen molar-refractivity contribution in [3.05, 3.63) is 0 Å². The fourth-order valence-corrected chi connectivity index (χ4v) is 0. The van der Waals surface area contributed by atoms with Crippen molar-refractivity contribution >= 4 is 54.6 Å². The van der Waals surface area contributed by atoms with Crippen LogP contribution < -0.4 is 0 Å². The van der Waals surface area contributed by atoms with E-state index in [0.29, 0.717) is 0 Å². The summed E-state index contributed by atoms with van der Waals surface area (Å²) >= 11 is 0. The van der Waals surface area contributed by atoms with E-state index in [1.54, 1.807) is 0 Å². The zero-order valence-corrected chi connectivity index (χ0v) is 9.70. The first-order valence-electron chi connectivity index (χ1n) is 1.68. The Bertz CT molecular complexity index is 120. The maximum Gasteiger partial charge on any atom is 2.00 e. The van der Waals surface area contributed by atoms with Crippen LogP contribution in [0, 0.1) is 0 Å². The third kappa shape index (κ3) is 662. The fourth-order valence-electron chi connectivity index (χ4n) is 0. The van der Waals surface area contributed by atoms with Gasteiger partial charge in [-0.1, -0.05) is 0 Å². The van der Waals surface area contributed by atoms with Gasteiger partial charge in [0.05, 0.1) is 0 Å². The van der Waals surface area contributed by atoms with Gasteiger partial charge in [-0.15, -0.1) is 0 Å². The number of hydrogen-bond acceptors (Lipinski definition) is 5. The third-order valence-electron chi connectivity index (χ3n) is 0. The van der Waals surface area contributed by atoms with Gasteiger partial charge in [0, 0.05) is 0 Å². The van der Waals surface area contributed by atoms with Gasteiger partial charge in [0.2, 0.25) is 0 Å². The van der Waals surface area contributed by atoms with Gasteiger partial charge in [0.15, 0.2) is 0 Å². The predicted octanol–water partition coefficient (Wildman–Crippen LogP) is -3.54. The van der Waals surface area contributed by atoms with Crippen LogP contribution >= 0.6 is 7.82 Å². The molecule has 8 nitrogen and oxygen atoms in total. The fraction of sp³-hybridized carbons (Fsp3) is 0. The Morgan fingerprint density at radius 3 is 1.00 bits per heavy atom. The molecular weight excluding hydrogens is 246 g/mol. The monoisotopic (exact) mass is 256 g/mol. The van der Waals surface area contributed by atoms with Crippen LogP contribution in [0.3, 0.4) is 0 Å². The third-order valence-corrected chi connectivity index (χ3v) is 0. The molecule has 0 saturated heterocycles. The second kappa shape index (κ2) is 8.93. The molecule has 0 bridgehead atoms. The minimum atomic E-state index is -4.64. The standard InChI is InChI=1S/Ca.FH.H3O4P.H4O4Si.2H/c;;2*1-5(2,3)4;;/h;1H;(H3,1,2,3,4);1-4H;;/q+2;;;;2*-1. The molecule has 0 aromatic carbocycles. The number of halogens is 1. The topological polar surface area (TPSA) is 159 Å². The van der Waals surface area contributed by atoms with E-state index in [4.69, 9.17) is 38.4 Å². The Balaban J connectivity index is -0.0000000178. The molecule has 0 fully saturated rings. The van der Waals surface area contributed by atoms with Crippen LogP contribution in [-0.4, -0.2) is 80.6 Å². The molecule has 12 heteroatoms. The quantitative estimate of drug-likeness (QED) is 0.173. The van der Waals surface area contributed by atoms with Crippen molar-refractivity contribution in [1.82, 2.24) is 0 Å². The summed E-state index contributed by atoms with van der Waals surface area (Å²) in [7, 11) is -9.25. The molecule has 0 unspecified atom stereocenters. The van der Waals surface area contributed by atoms with E-state index in [-0.39, 0.29) is 45.3 Å². The van der Waals surface area contributed by atoms with Crippen LogP contribution in [0.4, 0.5) is 4.70 Å². The molecule has 0 amide bonds. The van der Waals surface area contributed by atoms with Gasteiger partial charge in [0.25, 0.3) is 0 Å². The normalized spacial score (nSPS) is 9.92. The van der Waals surface area contributed by atoms with Crippen LogP contribution in [0.15, 0.2) is 0 Å². The van der Waals surface area contributed by atoms with Crippen molar-refractivity contribution in [2.24, 2.45) is 0 Å². The summed E-state index contributed by atoms with van der Waals surface area (Å²) in [5, 5.41) is 0. The van der Waals surface area contributed by atoms with E-state index < -0.39 is 16.9 Å². The van der Waals surface area contributed by atoms with E-state index in [9.17, 15) is 0 Å². The smallest absolute Gasteiger partial charge is 1.00 e. The van der Waals surface area contributed by atoms with Crippen molar-refractivity contribution in [2.45, 2.75) is 0 Å². The zero-order valence-electron chi connectivity index (χ0n) is 7.60. The molecule has 12 heavy (non-hydrogen) atoms. The average Bonchev–Trinajstić information content (AvgIpc) is 1.12. The molecule has 0 saturated carbocycles. The van der Waals surface area contributed by atoms with E-state index in [0.717, 1.165) is 0 Å². The summed E-state index contributed by atoms with van der Waals surface area (Å²) in [6, 6.07) is 0. The Morgan fingerprint density at radius 1 is 1.00 bits per heavy atom. The summed E-state index contributed by atoms with van der Waals surface area (Å²) in [6.45, 7) is 0. The number of phosphoric acid groups is 1. The predicted molar refractivity (Wildman–Crippen MR) is 39.4 cm³/mol. The van der Waals surface area contributed by atoms with Crippen molar-refractivity contribution in [2.75, 3.05) is 0 Å². The van der Waals surface area contributed by atoms with Crippen molar-refractivity contribution in [3.63, 3.8) is 0 Å². The second-order valence-electron chi connectivity index (χ2n) is 1.11. The molecule has 0 radical (unpaired) electrons. The van der Waals surface area contributed by atoms with Crippen LogP contribution in [0.1, 0.15) is 2.85 Å². The first-order chi connectivity index (χ1) is 4.00. The van der Waals surface area contributed by atoms with E-state index >= 15 is 0 Å². The molecule has 0 aromatic heterocycles. The van der Waals surface area contributed by atoms with Crippen molar-refractivity contribution in [3.8, 4) is 0 Å². The Kier molecular flexibility index (Phi) is 17.3. The van der Waals surface area contributed by atoms with Crippen LogP contribution in [0.2, 0.25) is 0 Å². The summed E-state index contributed by atoms with van der Waals surface area (Å²) in [4.78, 5) is 50.9. The van der Waals surface area contributed by atoms with Gasteiger partial charge in [-0.05, 0) is 0 Å². The van der Waals surface area contributed by atoms with Gasteiger partial charge in [-0.2, -0.15) is 0 Å². The summed E-state index contributed by atoms with van der Waals surface area (Å²) in [6.07, 6.45) is 0. The van der Waals surface area contributed by atoms with Gasteiger partial charge in [-0.3, -0.25) is 4.70 Å². The summed E-state index contributed by atoms with van der Waals surface area (Å²) in [5.74, 6) is 0. The average molecular weight is 256 g/mol. The molecule has 0 aliphatic carbocycles. The first-order valence-corrected chi connectivity index (χ1v) is 5.03. The Labute approximate surface area is 100 Å². The molecule has 0 aromatic rings. The van der Waals surface area contributed by atoms with E-state index in [1.165, 1.54) is 0 Å². The molecule has 0 atom stereocenters. The van der Waals surface area contributed by atoms with Gasteiger partial charge < -0.3 is 36.7 Å². The zero-order chi connectivity index (χ0) is 9.00. The molecule has 7 N–H and O–H groups in total. The van der Waals surface area contributed by atoms with Crippen molar-refractivity contribution < 1.29 is 46.0 Å². The van der Waals surface area contributed by atoms with Crippen LogP contribution in [-0.2, 0) is 4.57 Å². The summed E-state index contributed by atoms with van der Waals surface area (Å²) < 4.78 is 8.88. The SMILES string of the molecule is F.O=P(O)(O)O.O[Si](O)(O)O.[Ca+2].[H-].[H-]. The van der Waals surface area contributed by atoms with Gasteiger partial charge >= 0.3 is 54.6 Å². The van der Waals surface area contributed by atoms with Crippen LogP contribution in [0.25, 0.3) is 0 Å². The summed E-state index contributed by atoms with van der Waals surface area (Å²) in [5.41, 5.74) is 0. The minimum absolute atomic E-state index is 0. The molecule has 0 spiro atoms. The second-order valence-corrected chi connectivity index (χ2v) is 3.34. The molecule has 0 aliphatic heterocycles. The maximum atomic E-state index is 8.88. The van der Waals surface area contributed by atoms with Crippen LogP contribution in [0.5, 0.6) is 0 Å².